The van der Waals surface area contributed by atoms with Gasteiger partial charge in [-0.25, -0.2) is 0 Å². The Labute approximate surface area is 523 Å². The van der Waals surface area contributed by atoms with Gasteiger partial charge in [0.15, 0.2) is 0 Å². The van der Waals surface area contributed by atoms with Crippen molar-refractivity contribution >= 4 is 88.7 Å². The lowest BCUT2D eigenvalue weighted by atomic mass is 9.89. The second-order valence-electron chi connectivity index (χ2n) is 25.0. The van der Waals surface area contributed by atoms with E-state index in [1.54, 1.807) is 22.7 Å². The first kappa shape index (κ1) is 63.9. The minimum Gasteiger partial charge on any atom is -0.306 e. The molecule has 0 bridgehead atoms. The van der Waals surface area contributed by atoms with E-state index in [0.29, 0.717) is 47.9 Å². The maximum absolute atomic E-state index is 15.8. The number of carbonyl (C=O) groups is 2. The van der Waals surface area contributed by atoms with Crippen LogP contribution in [-0.2, 0) is 22.4 Å². The van der Waals surface area contributed by atoms with Crippen molar-refractivity contribution in [2.24, 2.45) is 23.7 Å². The Balaban J connectivity index is 1.18. The van der Waals surface area contributed by atoms with Crippen molar-refractivity contribution in [1.29, 1.82) is 0 Å². The van der Waals surface area contributed by atoms with Gasteiger partial charge in [-0.3, -0.25) is 9.59 Å². The van der Waals surface area contributed by atoms with E-state index in [1.165, 1.54) is 166 Å². The second kappa shape index (κ2) is 31.9. The smallest absolute Gasteiger partial charge is 0.261 e. The van der Waals surface area contributed by atoms with Crippen molar-refractivity contribution in [3.05, 3.63) is 128 Å². The number of nitrogens with zero attached hydrogens (tertiary/aromatic N) is 2. The zero-order chi connectivity index (χ0) is 59.0. The molecule has 6 heterocycles. The van der Waals surface area contributed by atoms with Crippen LogP contribution in [0.5, 0.6) is 0 Å². The van der Waals surface area contributed by atoms with Gasteiger partial charge in [0.05, 0.1) is 32.3 Å². The molecule has 4 atom stereocenters. The molecule has 3 aromatic carbocycles. The van der Waals surface area contributed by atoms with E-state index >= 15 is 9.59 Å². The van der Waals surface area contributed by atoms with Crippen LogP contribution in [0.3, 0.4) is 0 Å². The lowest BCUT2D eigenvalue weighted by Crippen LogP contribution is -2.34. The van der Waals surface area contributed by atoms with Crippen LogP contribution in [0.2, 0.25) is 0 Å². The SMILES string of the molecule is CCCCCCC(CCCC)CN1C(=O)C2=C(c3ccc(-c4cc5c(-c6ccc(CC(CC)CCCC)cc6)c6sccc6c(-c6ccc(CC(CC)CCCC)cc6)c5s4)s3)N(CC(CCCC)CCCCCC)C(=O)C2=C1c1cccs1. The summed E-state index contributed by atoms with van der Waals surface area (Å²) in [7, 11) is 0. The third kappa shape index (κ3) is 15.0. The van der Waals surface area contributed by atoms with Gasteiger partial charge in [0.1, 0.15) is 0 Å². The molecule has 2 aliphatic heterocycles. The third-order valence-electron chi connectivity index (χ3n) is 18.8. The van der Waals surface area contributed by atoms with Crippen molar-refractivity contribution in [1.82, 2.24) is 9.80 Å². The normalized spacial score (nSPS) is 15.2. The van der Waals surface area contributed by atoms with Gasteiger partial charge in [-0.15, -0.1) is 45.3 Å². The van der Waals surface area contributed by atoms with Crippen LogP contribution >= 0.6 is 45.3 Å². The highest BCUT2D eigenvalue weighted by Crippen LogP contribution is 2.54. The fraction of sp³-hybridized carbons (Fsp3) is 0.526. The van der Waals surface area contributed by atoms with Crippen molar-refractivity contribution in [2.45, 2.75) is 222 Å². The van der Waals surface area contributed by atoms with E-state index < -0.39 is 0 Å². The molecular weight excluding hydrogens is 1100 g/mol. The zero-order valence-corrected chi connectivity index (χ0v) is 56.0. The zero-order valence-electron chi connectivity index (χ0n) is 52.7. The van der Waals surface area contributed by atoms with Gasteiger partial charge in [0.2, 0.25) is 0 Å². The van der Waals surface area contributed by atoms with Crippen LogP contribution in [-0.4, -0.2) is 34.7 Å². The monoisotopic (exact) mass is 1200 g/mol. The van der Waals surface area contributed by atoms with Crippen LogP contribution in [0.1, 0.15) is 230 Å². The average Bonchev–Trinajstić information content (AvgIpc) is 1.61. The minimum absolute atomic E-state index is 0.0166. The quantitative estimate of drug-likeness (QED) is 0.0364. The molecule has 4 aromatic heterocycles. The minimum atomic E-state index is 0.0166. The number of rotatable bonds is 37. The van der Waals surface area contributed by atoms with Gasteiger partial charge >= 0.3 is 0 Å². The van der Waals surface area contributed by atoms with Crippen molar-refractivity contribution in [3.8, 4) is 32.0 Å². The Morgan fingerprint density at radius 2 is 0.857 bits per heavy atom. The summed E-state index contributed by atoms with van der Waals surface area (Å²) in [6.45, 7) is 19.8. The summed E-state index contributed by atoms with van der Waals surface area (Å²) in [6, 6.07) is 32.9. The Hall–Kier alpha value is -4.60. The second-order valence-corrected chi connectivity index (χ2v) is 29.0. The van der Waals surface area contributed by atoms with Crippen LogP contribution in [0.25, 0.3) is 63.6 Å². The van der Waals surface area contributed by atoms with Crippen LogP contribution in [0.4, 0.5) is 0 Å². The predicted molar refractivity (Wildman–Crippen MR) is 371 cm³/mol. The molecule has 0 radical (unpaired) electrons. The number of benzene rings is 3. The van der Waals surface area contributed by atoms with Gasteiger partial charge in [0, 0.05) is 54.1 Å². The lowest BCUT2D eigenvalue weighted by Gasteiger charge is -2.29. The number of thiophene rings is 4. The molecule has 4 unspecified atom stereocenters. The summed E-state index contributed by atoms with van der Waals surface area (Å²) in [4.78, 5) is 40.2. The summed E-state index contributed by atoms with van der Waals surface area (Å²) >= 11 is 7.22. The number of fused-ring (bicyclic) bond motifs is 3. The van der Waals surface area contributed by atoms with Crippen molar-refractivity contribution < 1.29 is 9.59 Å². The van der Waals surface area contributed by atoms with E-state index in [4.69, 9.17) is 0 Å². The van der Waals surface area contributed by atoms with Crippen molar-refractivity contribution in [3.63, 3.8) is 0 Å². The molecule has 0 saturated heterocycles. The average molecular weight is 1200 g/mol. The van der Waals surface area contributed by atoms with Crippen molar-refractivity contribution in [2.75, 3.05) is 13.1 Å². The van der Waals surface area contributed by atoms with E-state index in [1.807, 2.05) is 22.7 Å². The first-order valence-electron chi connectivity index (χ1n) is 33.6. The maximum Gasteiger partial charge on any atom is 0.261 e. The molecule has 450 valence electrons. The summed E-state index contributed by atoms with van der Waals surface area (Å²) < 4.78 is 2.66. The molecule has 7 aromatic rings. The summed E-state index contributed by atoms with van der Waals surface area (Å²) in [6.07, 6.45) is 31.0. The van der Waals surface area contributed by atoms with E-state index in [9.17, 15) is 0 Å². The molecule has 0 saturated carbocycles. The highest BCUT2D eigenvalue weighted by Gasteiger charge is 2.50. The Bertz CT molecular complexity index is 3140. The summed E-state index contributed by atoms with van der Waals surface area (Å²) in [5, 5.41) is 7.03. The topological polar surface area (TPSA) is 40.6 Å². The molecule has 0 aliphatic carbocycles. The fourth-order valence-corrected chi connectivity index (χ4v) is 17.9. The van der Waals surface area contributed by atoms with Gasteiger partial charge in [0.25, 0.3) is 11.8 Å². The van der Waals surface area contributed by atoms with E-state index in [0.717, 1.165) is 85.4 Å². The number of hydrogen-bond acceptors (Lipinski definition) is 6. The highest BCUT2D eigenvalue weighted by molar-refractivity contribution is 7.27. The molecule has 4 nitrogen and oxygen atoms in total. The molecule has 84 heavy (non-hydrogen) atoms. The number of unbranched alkanes of at least 4 members (excludes halogenated alkanes) is 10. The maximum atomic E-state index is 15.8. The molecule has 0 fully saturated rings. The van der Waals surface area contributed by atoms with Gasteiger partial charge in [-0.05, 0) is 126 Å². The van der Waals surface area contributed by atoms with Crippen LogP contribution in [0.15, 0.2) is 107 Å². The summed E-state index contributed by atoms with van der Waals surface area (Å²) in [5.74, 6) is 2.20. The largest absolute Gasteiger partial charge is 0.306 e. The first-order chi connectivity index (χ1) is 41.2. The molecule has 8 heteroatoms. The number of amides is 2. The van der Waals surface area contributed by atoms with E-state index in [2.05, 4.69) is 161 Å². The molecule has 9 rings (SSSR count). The molecule has 2 aliphatic rings. The van der Waals surface area contributed by atoms with Gasteiger partial charge in [-0.2, -0.15) is 0 Å². The summed E-state index contributed by atoms with van der Waals surface area (Å²) in [5.41, 5.74) is 11.0. The molecule has 0 N–H and O–H groups in total. The number of carbonyl (C=O) groups excluding carboxylic acids is 2. The highest BCUT2D eigenvalue weighted by atomic mass is 32.1. The van der Waals surface area contributed by atoms with Gasteiger partial charge in [-0.1, -0.05) is 238 Å². The van der Waals surface area contributed by atoms with Crippen LogP contribution < -0.4 is 0 Å². The Morgan fingerprint density at radius 1 is 0.393 bits per heavy atom. The molecule has 0 spiro atoms. The first-order valence-corrected chi connectivity index (χ1v) is 37.0. The van der Waals surface area contributed by atoms with E-state index in [-0.39, 0.29) is 11.8 Å². The van der Waals surface area contributed by atoms with Crippen LogP contribution in [0, 0.1) is 23.7 Å². The molecular formula is C76H100N2O2S4. The Morgan fingerprint density at radius 3 is 1.33 bits per heavy atom. The standard InChI is InChI=1S/C76H100N2O2S4/c1-9-17-23-25-32-57(30-21-13-5)51-77-71(64-34-27-46-81-64)69-70(76(77)80)72(78(75(69)79)52-58(31-22-14-6)33-26-24-18-10-2)65-44-43-63(83-65)66-50-62-68(60-41-37-56(38-42-60)49-54(16-8)29-20-12-4)73-61(45-47-82-73)67(74(62)84-66)59-39-35-55(36-40-59)48-53(15-7)28-19-11-3/h27,34-47,50,53-54,57-58H,9-26,28-33,48-49,51-52H2,1-8H3. The fourth-order valence-electron chi connectivity index (χ4n) is 13.7. The van der Waals surface area contributed by atoms with Gasteiger partial charge < -0.3 is 9.80 Å². The number of hydrogen-bond donors (Lipinski definition) is 0. The third-order valence-corrected chi connectivity index (χ3v) is 23.0. The lowest BCUT2D eigenvalue weighted by molar-refractivity contribution is -0.124. The molecule has 2 amide bonds. The Kier molecular flexibility index (Phi) is 24.2. The predicted octanol–water partition coefficient (Wildman–Crippen LogP) is 24.1.